The van der Waals surface area contributed by atoms with Gasteiger partial charge in [0.2, 0.25) is 11.8 Å². The van der Waals surface area contributed by atoms with Crippen LogP contribution in [0.5, 0.6) is 5.75 Å². The first kappa shape index (κ1) is 28.3. The number of halogens is 2. The molecule has 1 saturated carbocycles. The molecule has 0 radical (unpaired) electrons. The fourth-order valence-electron chi connectivity index (χ4n) is 8.05. The minimum Gasteiger partial charge on any atom is -0.508 e. The van der Waals surface area contributed by atoms with E-state index in [1.54, 1.807) is 43.3 Å². The smallest absolute Gasteiger partial charge is 0.260 e. The molecular formula is C34H29ClFN3O5. The number of phenols is 1. The Kier molecular flexibility index (Phi) is 6.44. The summed E-state index contributed by atoms with van der Waals surface area (Å²) in [6.45, 7) is 1.76. The number of hydrogen-bond acceptors (Lipinski definition) is 6. The fraction of sp³-hybridized carbons (Fsp3) is 0.294. The molecule has 2 aliphatic carbocycles. The number of carbonyl (C=O) groups is 4. The predicted molar refractivity (Wildman–Crippen MR) is 160 cm³/mol. The zero-order valence-electron chi connectivity index (χ0n) is 24.0. The lowest BCUT2D eigenvalue weighted by Gasteiger charge is -2.50. The van der Waals surface area contributed by atoms with Gasteiger partial charge in [-0.2, -0.15) is 5.01 Å². The zero-order valence-corrected chi connectivity index (χ0v) is 24.7. The van der Waals surface area contributed by atoms with Crippen molar-refractivity contribution in [1.82, 2.24) is 9.91 Å². The van der Waals surface area contributed by atoms with Gasteiger partial charge >= 0.3 is 0 Å². The number of anilines is 1. The van der Waals surface area contributed by atoms with Gasteiger partial charge < -0.3 is 5.11 Å². The van der Waals surface area contributed by atoms with Gasteiger partial charge in [-0.25, -0.2) is 4.39 Å². The molecule has 0 bridgehead atoms. The molecule has 6 atom stereocenters. The van der Waals surface area contributed by atoms with Crippen molar-refractivity contribution in [1.29, 1.82) is 0 Å². The molecule has 0 spiro atoms. The van der Waals surface area contributed by atoms with E-state index in [4.69, 9.17) is 11.6 Å². The fourth-order valence-corrected chi connectivity index (χ4v) is 8.17. The monoisotopic (exact) mass is 613 g/mol. The topological polar surface area (TPSA) is 107 Å². The Morgan fingerprint density at radius 1 is 0.932 bits per heavy atom. The molecule has 6 unspecified atom stereocenters. The Morgan fingerprint density at radius 2 is 1.64 bits per heavy atom. The maximum Gasteiger partial charge on any atom is 0.260 e. The summed E-state index contributed by atoms with van der Waals surface area (Å²) in [6, 6.07) is 17.4. The highest BCUT2D eigenvalue weighted by Crippen LogP contribution is 2.64. The molecular weight excluding hydrogens is 585 g/mol. The van der Waals surface area contributed by atoms with Crippen molar-refractivity contribution in [2.24, 2.45) is 23.7 Å². The second kappa shape index (κ2) is 10.0. The Labute approximate surface area is 258 Å². The van der Waals surface area contributed by atoms with Crippen LogP contribution in [-0.2, 0) is 24.6 Å². The van der Waals surface area contributed by atoms with Crippen LogP contribution < -0.4 is 5.43 Å². The van der Waals surface area contributed by atoms with E-state index >= 15 is 0 Å². The van der Waals surface area contributed by atoms with Crippen LogP contribution in [0.3, 0.4) is 0 Å². The molecule has 2 aliphatic heterocycles. The van der Waals surface area contributed by atoms with Crippen molar-refractivity contribution < 1.29 is 28.7 Å². The normalized spacial score (nSPS) is 29.4. The standard InChI is InChI=1S/C34H29ClFN3O5/c1-17-15-18(3-14-27(17)40)29-23-12-13-24-28(32(43)38(2)30(24)41)25(23)16-26-31(42)39(37-22-10-8-21(36)9-11-22)33(44)34(26,29)19-4-6-20(35)7-5-19/h3-12,14-15,24-26,28-29,37,40H,13,16H2,1-2H3. The summed E-state index contributed by atoms with van der Waals surface area (Å²) >= 11 is 6.29. The van der Waals surface area contributed by atoms with Crippen LogP contribution in [-0.4, -0.2) is 45.7 Å². The molecule has 224 valence electrons. The van der Waals surface area contributed by atoms with Crippen LogP contribution in [0.1, 0.15) is 35.4 Å². The maximum absolute atomic E-state index is 15.0. The molecule has 3 fully saturated rings. The van der Waals surface area contributed by atoms with Crippen molar-refractivity contribution >= 4 is 40.9 Å². The van der Waals surface area contributed by atoms with E-state index in [1.165, 1.54) is 36.2 Å². The second-order valence-electron chi connectivity index (χ2n) is 12.2. The minimum atomic E-state index is -1.45. The molecule has 4 aliphatic rings. The van der Waals surface area contributed by atoms with E-state index in [1.807, 2.05) is 12.1 Å². The number of benzene rings is 3. The maximum atomic E-state index is 15.0. The van der Waals surface area contributed by atoms with Gasteiger partial charge in [0, 0.05) is 18.0 Å². The van der Waals surface area contributed by atoms with E-state index in [0.717, 1.165) is 10.6 Å². The minimum absolute atomic E-state index is 0.0857. The Hall–Kier alpha value is -4.50. The largest absolute Gasteiger partial charge is 0.508 e. The highest BCUT2D eigenvalue weighted by Gasteiger charge is 2.70. The number of fused-ring (bicyclic) bond motifs is 4. The number of rotatable bonds is 4. The summed E-state index contributed by atoms with van der Waals surface area (Å²) in [5.41, 5.74) is 4.52. The lowest BCUT2D eigenvalue weighted by molar-refractivity contribution is -0.140. The molecule has 8 nitrogen and oxygen atoms in total. The first-order chi connectivity index (χ1) is 21.0. The Morgan fingerprint density at radius 3 is 2.32 bits per heavy atom. The number of hydrogen-bond donors (Lipinski definition) is 2. The third-order valence-corrected chi connectivity index (χ3v) is 10.3. The van der Waals surface area contributed by atoms with E-state index in [-0.39, 0.29) is 24.0 Å². The van der Waals surface area contributed by atoms with Crippen molar-refractivity contribution in [2.45, 2.75) is 31.1 Å². The van der Waals surface area contributed by atoms with Crippen LogP contribution in [0.4, 0.5) is 10.1 Å². The summed E-state index contributed by atoms with van der Waals surface area (Å²) in [5, 5.41) is 11.9. The number of allylic oxidation sites excluding steroid dienone is 2. The molecule has 2 heterocycles. The Balaban J connectivity index is 1.47. The summed E-state index contributed by atoms with van der Waals surface area (Å²) < 4.78 is 13.7. The molecule has 44 heavy (non-hydrogen) atoms. The number of aryl methyl sites for hydroxylation is 1. The lowest BCUT2D eigenvalue weighted by atomic mass is 9.49. The molecule has 4 amide bonds. The average molecular weight is 614 g/mol. The van der Waals surface area contributed by atoms with Crippen molar-refractivity contribution in [3.05, 3.63) is 106 Å². The third-order valence-electron chi connectivity index (χ3n) is 10.0. The zero-order chi connectivity index (χ0) is 31.1. The second-order valence-corrected chi connectivity index (χ2v) is 12.6. The number of carbonyl (C=O) groups excluding carboxylic acids is 4. The lowest BCUT2D eigenvalue weighted by Crippen LogP contribution is -2.53. The van der Waals surface area contributed by atoms with Gasteiger partial charge in [-0.3, -0.25) is 29.5 Å². The SMILES string of the molecule is Cc1cc(C2C3=CCC4C(=O)N(C)C(=O)C4C3CC3C(=O)N(Nc4ccc(F)cc4)C(=O)C32c2ccc(Cl)cc2)ccc1O. The first-order valence-corrected chi connectivity index (χ1v) is 14.9. The molecule has 7 rings (SSSR count). The number of phenolic OH excluding ortho intramolecular Hbond substituents is 1. The van der Waals surface area contributed by atoms with Crippen molar-refractivity contribution in [3.63, 3.8) is 0 Å². The Bertz CT molecular complexity index is 1770. The van der Waals surface area contributed by atoms with E-state index < -0.39 is 52.6 Å². The molecule has 3 aromatic carbocycles. The summed E-state index contributed by atoms with van der Waals surface area (Å²) in [4.78, 5) is 57.2. The van der Waals surface area contributed by atoms with Gasteiger partial charge in [-0.15, -0.1) is 0 Å². The van der Waals surface area contributed by atoms with Crippen LogP contribution in [0.25, 0.3) is 0 Å². The first-order valence-electron chi connectivity index (χ1n) is 14.5. The van der Waals surface area contributed by atoms with Crippen LogP contribution in [0.15, 0.2) is 78.4 Å². The van der Waals surface area contributed by atoms with Gasteiger partial charge in [0.15, 0.2) is 0 Å². The van der Waals surface area contributed by atoms with Crippen LogP contribution in [0, 0.1) is 36.4 Å². The number of nitrogens with zero attached hydrogens (tertiary/aromatic N) is 2. The average Bonchev–Trinajstić information content (AvgIpc) is 3.36. The number of likely N-dealkylation sites (tertiary alicyclic amines) is 1. The highest BCUT2D eigenvalue weighted by atomic mass is 35.5. The molecule has 10 heteroatoms. The number of amides is 4. The van der Waals surface area contributed by atoms with Crippen molar-refractivity contribution in [3.8, 4) is 5.75 Å². The van der Waals surface area contributed by atoms with E-state index in [2.05, 4.69) is 5.43 Å². The van der Waals surface area contributed by atoms with Gasteiger partial charge in [-0.05, 0) is 84.8 Å². The number of nitrogens with one attached hydrogen (secondary N) is 1. The summed E-state index contributed by atoms with van der Waals surface area (Å²) in [6.07, 6.45) is 2.48. The number of imide groups is 2. The van der Waals surface area contributed by atoms with Crippen molar-refractivity contribution in [2.75, 3.05) is 12.5 Å². The molecule has 0 aromatic heterocycles. The number of aromatic hydroxyl groups is 1. The van der Waals surface area contributed by atoms with E-state index in [0.29, 0.717) is 33.8 Å². The highest BCUT2D eigenvalue weighted by molar-refractivity contribution is 6.30. The molecule has 2 saturated heterocycles. The predicted octanol–water partition coefficient (Wildman–Crippen LogP) is 5.11. The van der Waals surface area contributed by atoms with Gasteiger partial charge in [0.25, 0.3) is 11.8 Å². The molecule has 3 aromatic rings. The van der Waals surface area contributed by atoms with Gasteiger partial charge in [0.1, 0.15) is 11.6 Å². The van der Waals surface area contributed by atoms with Crippen LogP contribution >= 0.6 is 11.6 Å². The summed E-state index contributed by atoms with van der Waals surface area (Å²) in [5.74, 6) is -5.17. The third kappa shape index (κ3) is 3.88. The van der Waals surface area contributed by atoms with E-state index in [9.17, 15) is 28.7 Å². The van der Waals surface area contributed by atoms with Crippen LogP contribution in [0.2, 0.25) is 5.02 Å². The van der Waals surface area contributed by atoms with Gasteiger partial charge in [0.05, 0.1) is 28.9 Å². The summed E-state index contributed by atoms with van der Waals surface area (Å²) in [7, 11) is 1.49. The quantitative estimate of drug-likeness (QED) is 0.313. The van der Waals surface area contributed by atoms with Gasteiger partial charge in [-0.1, -0.05) is 47.5 Å². The molecule has 2 N–H and O–H groups in total. The number of hydrazine groups is 1.